The summed E-state index contributed by atoms with van der Waals surface area (Å²) < 4.78 is 16.5. The van der Waals surface area contributed by atoms with Crippen LogP contribution in [0.15, 0.2) is 0 Å². The molecule has 0 amide bonds. The van der Waals surface area contributed by atoms with E-state index in [2.05, 4.69) is 20.8 Å². The second-order valence-electron chi connectivity index (χ2n) is 13.2. The van der Waals surface area contributed by atoms with Gasteiger partial charge in [-0.05, 0) is 19.3 Å². The van der Waals surface area contributed by atoms with E-state index >= 15 is 0 Å². The Labute approximate surface area is 278 Å². The molecule has 6 nitrogen and oxygen atoms in total. The zero-order chi connectivity index (χ0) is 33.1. The van der Waals surface area contributed by atoms with Gasteiger partial charge in [-0.3, -0.25) is 14.4 Å². The Balaban J connectivity index is 4.15. The summed E-state index contributed by atoms with van der Waals surface area (Å²) >= 11 is 0. The molecule has 0 saturated carbocycles. The van der Waals surface area contributed by atoms with Crippen LogP contribution >= 0.6 is 0 Å². The number of carbonyl (C=O) groups is 3. The van der Waals surface area contributed by atoms with Gasteiger partial charge in [0.1, 0.15) is 13.2 Å². The second-order valence-corrected chi connectivity index (χ2v) is 13.2. The summed E-state index contributed by atoms with van der Waals surface area (Å²) in [6.07, 6.45) is 32.7. The van der Waals surface area contributed by atoms with E-state index in [0.717, 1.165) is 64.2 Å². The van der Waals surface area contributed by atoms with Crippen LogP contribution in [0.25, 0.3) is 0 Å². The van der Waals surface area contributed by atoms with Crippen LogP contribution in [0.4, 0.5) is 0 Å². The molecule has 0 N–H and O–H groups in total. The first kappa shape index (κ1) is 43.4. The zero-order valence-corrected chi connectivity index (χ0v) is 30.2. The molecule has 1 atom stereocenters. The molecule has 0 aromatic carbocycles. The summed E-state index contributed by atoms with van der Waals surface area (Å²) in [7, 11) is 0. The molecule has 0 radical (unpaired) electrons. The van der Waals surface area contributed by atoms with Gasteiger partial charge in [-0.2, -0.15) is 0 Å². The van der Waals surface area contributed by atoms with Crippen LogP contribution < -0.4 is 0 Å². The Kier molecular flexibility index (Phi) is 34.0. The van der Waals surface area contributed by atoms with Crippen molar-refractivity contribution in [2.24, 2.45) is 0 Å². The van der Waals surface area contributed by atoms with E-state index in [4.69, 9.17) is 14.2 Å². The van der Waals surface area contributed by atoms with Crippen molar-refractivity contribution in [3.05, 3.63) is 0 Å². The average Bonchev–Trinajstić information content (AvgIpc) is 3.03. The Morgan fingerprint density at radius 2 is 0.600 bits per heavy atom. The third kappa shape index (κ3) is 33.6. The van der Waals surface area contributed by atoms with Gasteiger partial charge in [-0.25, -0.2) is 0 Å². The number of unbranched alkanes of at least 4 members (excludes halogenated alkanes) is 24. The molecule has 0 aliphatic heterocycles. The van der Waals surface area contributed by atoms with Crippen molar-refractivity contribution >= 4 is 17.9 Å². The van der Waals surface area contributed by atoms with E-state index in [1.807, 2.05) is 0 Å². The summed E-state index contributed by atoms with van der Waals surface area (Å²) in [4.78, 5) is 37.1. The van der Waals surface area contributed by atoms with Crippen LogP contribution in [-0.2, 0) is 28.6 Å². The highest BCUT2D eigenvalue weighted by atomic mass is 16.6. The average molecular weight is 639 g/mol. The lowest BCUT2D eigenvalue weighted by molar-refractivity contribution is -0.167. The van der Waals surface area contributed by atoms with E-state index in [1.54, 1.807) is 0 Å². The van der Waals surface area contributed by atoms with Crippen LogP contribution in [0, 0.1) is 0 Å². The van der Waals surface area contributed by atoms with E-state index in [0.29, 0.717) is 19.3 Å². The van der Waals surface area contributed by atoms with Crippen molar-refractivity contribution in [3.63, 3.8) is 0 Å². The molecular weight excluding hydrogens is 564 g/mol. The van der Waals surface area contributed by atoms with Crippen molar-refractivity contribution in [3.8, 4) is 0 Å². The molecule has 0 heterocycles. The molecule has 0 aliphatic rings. The first-order valence-corrected chi connectivity index (χ1v) is 19.5. The van der Waals surface area contributed by atoms with Crippen LogP contribution in [0.1, 0.15) is 213 Å². The number of esters is 3. The lowest BCUT2D eigenvalue weighted by atomic mass is 10.0. The zero-order valence-electron chi connectivity index (χ0n) is 30.2. The number of hydrogen-bond acceptors (Lipinski definition) is 6. The van der Waals surface area contributed by atoms with Gasteiger partial charge in [0.15, 0.2) is 6.10 Å². The molecule has 0 bridgehead atoms. The highest BCUT2D eigenvalue weighted by Crippen LogP contribution is 2.15. The molecule has 0 aromatic heterocycles. The minimum atomic E-state index is -0.754. The maximum absolute atomic E-state index is 12.5. The molecule has 0 aromatic rings. The Morgan fingerprint density at radius 1 is 0.356 bits per heavy atom. The molecule has 0 saturated heterocycles. The molecule has 266 valence electrons. The van der Waals surface area contributed by atoms with E-state index < -0.39 is 6.10 Å². The molecule has 0 aliphatic carbocycles. The predicted octanol–water partition coefficient (Wildman–Crippen LogP) is 11.7. The van der Waals surface area contributed by atoms with Gasteiger partial charge in [0, 0.05) is 19.3 Å². The number of ether oxygens (including phenoxy) is 3. The van der Waals surface area contributed by atoms with Crippen LogP contribution in [0.5, 0.6) is 0 Å². The lowest BCUT2D eigenvalue weighted by Crippen LogP contribution is -2.30. The fourth-order valence-corrected chi connectivity index (χ4v) is 5.62. The summed E-state index contributed by atoms with van der Waals surface area (Å²) in [5.74, 6) is -0.883. The van der Waals surface area contributed by atoms with E-state index in [-0.39, 0.29) is 31.1 Å². The first-order chi connectivity index (χ1) is 22.0. The van der Waals surface area contributed by atoms with Gasteiger partial charge in [-0.15, -0.1) is 0 Å². The first-order valence-electron chi connectivity index (χ1n) is 19.5. The molecule has 0 spiro atoms. The number of hydrogen-bond donors (Lipinski definition) is 0. The number of carbonyl (C=O) groups excluding carboxylic acids is 3. The molecule has 0 fully saturated rings. The Bertz CT molecular complexity index is 664. The fraction of sp³-hybridized carbons (Fsp3) is 0.923. The van der Waals surface area contributed by atoms with Gasteiger partial charge < -0.3 is 14.2 Å². The normalized spacial score (nSPS) is 11.8. The Morgan fingerprint density at radius 3 is 0.889 bits per heavy atom. The third-order valence-electron chi connectivity index (χ3n) is 8.61. The van der Waals surface area contributed by atoms with Gasteiger partial charge in [0.25, 0.3) is 0 Å². The minimum Gasteiger partial charge on any atom is -0.462 e. The smallest absolute Gasteiger partial charge is 0.306 e. The van der Waals surface area contributed by atoms with E-state index in [9.17, 15) is 14.4 Å². The Hall–Kier alpha value is -1.59. The summed E-state index contributed by atoms with van der Waals surface area (Å²) in [6, 6.07) is 0. The SMILES string of the molecule is CCCCCCCCCCCCCCCCCC(=O)OCC(COC(=O)CCCCCCC)OC(=O)CCCCCCCCC. The molecule has 6 heteroatoms. The predicted molar refractivity (Wildman–Crippen MR) is 187 cm³/mol. The maximum atomic E-state index is 12.5. The second kappa shape index (κ2) is 35.3. The summed E-state index contributed by atoms with van der Waals surface area (Å²) in [6.45, 7) is 6.50. The van der Waals surface area contributed by atoms with Crippen molar-refractivity contribution in [1.29, 1.82) is 0 Å². The van der Waals surface area contributed by atoms with Crippen LogP contribution in [0.3, 0.4) is 0 Å². The largest absolute Gasteiger partial charge is 0.462 e. The highest BCUT2D eigenvalue weighted by Gasteiger charge is 2.19. The fourth-order valence-electron chi connectivity index (χ4n) is 5.62. The van der Waals surface area contributed by atoms with Crippen molar-refractivity contribution in [1.82, 2.24) is 0 Å². The maximum Gasteiger partial charge on any atom is 0.306 e. The van der Waals surface area contributed by atoms with Crippen molar-refractivity contribution in [2.75, 3.05) is 13.2 Å². The van der Waals surface area contributed by atoms with Crippen LogP contribution in [-0.4, -0.2) is 37.2 Å². The highest BCUT2D eigenvalue weighted by molar-refractivity contribution is 5.71. The van der Waals surface area contributed by atoms with Gasteiger partial charge in [-0.1, -0.05) is 175 Å². The van der Waals surface area contributed by atoms with Gasteiger partial charge in [0.05, 0.1) is 0 Å². The minimum absolute atomic E-state index is 0.0654. The lowest BCUT2D eigenvalue weighted by Gasteiger charge is -2.18. The molecule has 1 unspecified atom stereocenters. The topological polar surface area (TPSA) is 78.9 Å². The van der Waals surface area contributed by atoms with Gasteiger partial charge in [0.2, 0.25) is 0 Å². The molecule has 0 rings (SSSR count). The molecule has 45 heavy (non-hydrogen) atoms. The number of rotatable bonds is 35. The van der Waals surface area contributed by atoms with Crippen molar-refractivity contribution in [2.45, 2.75) is 219 Å². The quantitative estimate of drug-likeness (QED) is 0.0390. The summed E-state index contributed by atoms with van der Waals surface area (Å²) in [5, 5.41) is 0. The summed E-state index contributed by atoms with van der Waals surface area (Å²) in [5.41, 5.74) is 0. The monoisotopic (exact) mass is 639 g/mol. The molecular formula is C39H74O6. The standard InChI is InChI=1S/C39H74O6/c1-4-7-10-13-15-16-17-18-19-20-21-22-24-26-29-32-38(41)44-35-36(34-43-37(40)31-28-25-12-9-6-3)45-39(42)33-30-27-23-14-11-8-5-2/h36H,4-35H2,1-3H3. The van der Waals surface area contributed by atoms with E-state index in [1.165, 1.54) is 109 Å². The van der Waals surface area contributed by atoms with Crippen LogP contribution in [0.2, 0.25) is 0 Å². The van der Waals surface area contributed by atoms with Crippen molar-refractivity contribution < 1.29 is 28.6 Å². The van der Waals surface area contributed by atoms with Gasteiger partial charge >= 0.3 is 17.9 Å². The third-order valence-corrected chi connectivity index (χ3v) is 8.61.